The first-order valence-corrected chi connectivity index (χ1v) is 6.83. The zero-order valence-electron chi connectivity index (χ0n) is 11.8. The first-order valence-electron chi connectivity index (χ1n) is 6.83. The fraction of sp³-hybridized carbons (Fsp3) is 0.235. The monoisotopic (exact) mass is 266 g/mol. The number of benzene rings is 2. The molecule has 0 unspecified atom stereocenters. The second-order valence-electron chi connectivity index (χ2n) is 5.25. The number of fused-ring (bicyclic) bond motifs is 1. The van der Waals surface area contributed by atoms with E-state index in [1.807, 2.05) is 13.1 Å². The second-order valence-corrected chi connectivity index (χ2v) is 5.25. The molecule has 1 aromatic heterocycles. The standard InChI is InChI=1S/C17H18N2O/c1-12-3-5-13(6-4-12)7-10-17-18-15-9-8-14(20)11-16(15)19(17)2/h3-6,8-9,11,20H,7,10H2,1-2H3. The Morgan fingerprint density at radius 1 is 1.05 bits per heavy atom. The largest absolute Gasteiger partial charge is 0.508 e. The van der Waals surface area contributed by atoms with Crippen molar-refractivity contribution in [1.82, 2.24) is 9.55 Å². The lowest BCUT2D eigenvalue weighted by Gasteiger charge is -2.03. The number of aryl methyl sites for hydroxylation is 4. The van der Waals surface area contributed by atoms with Gasteiger partial charge in [0.05, 0.1) is 11.0 Å². The Labute approximate surface area is 118 Å². The predicted molar refractivity (Wildman–Crippen MR) is 81.0 cm³/mol. The topological polar surface area (TPSA) is 38.1 Å². The minimum absolute atomic E-state index is 0.283. The van der Waals surface area contributed by atoms with Gasteiger partial charge in [-0.1, -0.05) is 29.8 Å². The van der Waals surface area contributed by atoms with Crippen LogP contribution in [0.15, 0.2) is 42.5 Å². The first kappa shape index (κ1) is 12.7. The number of phenols is 1. The van der Waals surface area contributed by atoms with Gasteiger partial charge in [0, 0.05) is 19.5 Å². The van der Waals surface area contributed by atoms with E-state index in [9.17, 15) is 5.11 Å². The summed E-state index contributed by atoms with van der Waals surface area (Å²) >= 11 is 0. The molecule has 0 atom stereocenters. The highest BCUT2D eigenvalue weighted by molar-refractivity contribution is 5.77. The van der Waals surface area contributed by atoms with Crippen LogP contribution in [-0.4, -0.2) is 14.7 Å². The molecule has 0 saturated carbocycles. The molecule has 3 aromatic rings. The van der Waals surface area contributed by atoms with Crippen molar-refractivity contribution < 1.29 is 5.11 Å². The zero-order valence-corrected chi connectivity index (χ0v) is 11.8. The quantitative estimate of drug-likeness (QED) is 0.789. The molecular formula is C17H18N2O. The maximum Gasteiger partial charge on any atom is 0.117 e. The Morgan fingerprint density at radius 2 is 1.80 bits per heavy atom. The molecule has 0 aliphatic carbocycles. The maximum absolute atomic E-state index is 9.56. The van der Waals surface area contributed by atoms with Gasteiger partial charge in [-0.3, -0.25) is 0 Å². The summed E-state index contributed by atoms with van der Waals surface area (Å²) in [4.78, 5) is 4.64. The summed E-state index contributed by atoms with van der Waals surface area (Å²) in [7, 11) is 2.00. The third-order valence-corrected chi connectivity index (χ3v) is 3.71. The SMILES string of the molecule is Cc1ccc(CCc2nc3ccc(O)cc3n2C)cc1. The van der Waals surface area contributed by atoms with E-state index in [4.69, 9.17) is 0 Å². The highest BCUT2D eigenvalue weighted by atomic mass is 16.3. The fourth-order valence-electron chi connectivity index (χ4n) is 2.46. The number of aromatic hydroxyl groups is 1. The molecule has 0 saturated heterocycles. The number of phenolic OH excluding ortho intramolecular Hbond substituents is 1. The predicted octanol–water partition coefficient (Wildman–Crippen LogP) is 3.37. The summed E-state index contributed by atoms with van der Waals surface area (Å²) < 4.78 is 2.06. The van der Waals surface area contributed by atoms with Crippen LogP contribution >= 0.6 is 0 Å². The fourth-order valence-corrected chi connectivity index (χ4v) is 2.46. The van der Waals surface area contributed by atoms with Crippen molar-refractivity contribution >= 4 is 11.0 Å². The summed E-state index contributed by atoms with van der Waals surface area (Å²) in [5, 5.41) is 9.56. The molecular weight excluding hydrogens is 248 g/mol. The lowest BCUT2D eigenvalue weighted by atomic mass is 10.1. The molecule has 20 heavy (non-hydrogen) atoms. The minimum atomic E-state index is 0.283. The first-order chi connectivity index (χ1) is 9.63. The van der Waals surface area contributed by atoms with Gasteiger partial charge in [-0.15, -0.1) is 0 Å². The normalized spacial score (nSPS) is 11.1. The van der Waals surface area contributed by atoms with Crippen LogP contribution in [0.25, 0.3) is 11.0 Å². The Balaban J connectivity index is 1.84. The third-order valence-electron chi connectivity index (χ3n) is 3.71. The Morgan fingerprint density at radius 3 is 2.55 bits per heavy atom. The van der Waals surface area contributed by atoms with E-state index in [1.54, 1.807) is 12.1 Å². The molecule has 102 valence electrons. The van der Waals surface area contributed by atoms with Gasteiger partial charge in [-0.05, 0) is 31.0 Å². The van der Waals surface area contributed by atoms with E-state index in [2.05, 4.69) is 40.7 Å². The van der Waals surface area contributed by atoms with Crippen molar-refractivity contribution in [2.45, 2.75) is 19.8 Å². The molecule has 0 radical (unpaired) electrons. The van der Waals surface area contributed by atoms with E-state index in [0.717, 1.165) is 29.7 Å². The summed E-state index contributed by atoms with van der Waals surface area (Å²) in [6, 6.07) is 13.9. The van der Waals surface area contributed by atoms with Gasteiger partial charge in [0.2, 0.25) is 0 Å². The molecule has 0 bridgehead atoms. The Hall–Kier alpha value is -2.29. The number of nitrogens with zero attached hydrogens (tertiary/aromatic N) is 2. The highest BCUT2D eigenvalue weighted by Crippen LogP contribution is 2.21. The summed E-state index contributed by atoms with van der Waals surface area (Å²) in [5.41, 5.74) is 4.52. The molecule has 3 rings (SSSR count). The molecule has 2 aromatic carbocycles. The van der Waals surface area contributed by atoms with Gasteiger partial charge < -0.3 is 9.67 Å². The Bertz CT molecular complexity index is 742. The maximum atomic E-state index is 9.56. The molecule has 0 amide bonds. The average Bonchev–Trinajstić information content (AvgIpc) is 2.75. The number of hydrogen-bond donors (Lipinski definition) is 1. The number of imidazole rings is 1. The molecule has 0 aliphatic heterocycles. The minimum Gasteiger partial charge on any atom is -0.508 e. The molecule has 1 heterocycles. The van der Waals surface area contributed by atoms with Crippen molar-refractivity contribution in [3.8, 4) is 5.75 Å². The van der Waals surface area contributed by atoms with Gasteiger partial charge in [-0.25, -0.2) is 4.98 Å². The van der Waals surface area contributed by atoms with Crippen LogP contribution in [0.1, 0.15) is 17.0 Å². The van der Waals surface area contributed by atoms with E-state index in [-0.39, 0.29) is 5.75 Å². The molecule has 3 nitrogen and oxygen atoms in total. The van der Waals surface area contributed by atoms with Crippen molar-refractivity contribution in [3.05, 3.63) is 59.4 Å². The molecule has 3 heteroatoms. The highest BCUT2D eigenvalue weighted by Gasteiger charge is 2.08. The summed E-state index contributed by atoms with van der Waals surface area (Å²) in [5.74, 6) is 1.33. The molecule has 0 fully saturated rings. The van der Waals surface area contributed by atoms with E-state index < -0.39 is 0 Å². The van der Waals surface area contributed by atoms with E-state index in [1.165, 1.54) is 11.1 Å². The molecule has 0 spiro atoms. The van der Waals surface area contributed by atoms with Crippen LogP contribution in [-0.2, 0) is 19.9 Å². The lowest BCUT2D eigenvalue weighted by molar-refractivity contribution is 0.476. The van der Waals surface area contributed by atoms with Crippen molar-refractivity contribution in [3.63, 3.8) is 0 Å². The second kappa shape index (κ2) is 5.00. The third kappa shape index (κ3) is 2.39. The van der Waals surface area contributed by atoms with Crippen molar-refractivity contribution in [2.24, 2.45) is 7.05 Å². The van der Waals surface area contributed by atoms with Crippen molar-refractivity contribution in [2.75, 3.05) is 0 Å². The number of rotatable bonds is 3. The van der Waals surface area contributed by atoms with Crippen LogP contribution < -0.4 is 0 Å². The van der Waals surface area contributed by atoms with Crippen LogP contribution in [0.5, 0.6) is 5.75 Å². The van der Waals surface area contributed by atoms with Gasteiger partial charge >= 0.3 is 0 Å². The van der Waals surface area contributed by atoms with Crippen molar-refractivity contribution in [1.29, 1.82) is 0 Å². The number of hydrogen-bond acceptors (Lipinski definition) is 2. The molecule has 0 aliphatic rings. The van der Waals surface area contributed by atoms with E-state index >= 15 is 0 Å². The summed E-state index contributed by atoms with van der Waals surface area (Å²) in [6.07, 6.45) is 1.87. The lowest BCUT2D eigenvalue weighted by Crippen LogP contribution is -2.00. The van der Waals surface area contributed by atoms with Gasteiger partial charge in [0.15, 0.2) is 0 Å². The molecule has 1 N–H and O–H groups in total. The van der Waals surface area contributed by atoms with Crippen LogP contribution in [0.4, 0.5) is 0 Å². The van der Waals surface area contributed by atoms with Crippen LogP contribution in [0.3, 0.4) is 0 Å². The zero-order chi connectivity index (χ0) is 14.1. The van der Waals surface area contributed by atoms with Crippen LogP contribution in [0, 0.1) is 6.92 Å². The van der Waals surface area contributed by atoms with Crippen LogP contribution in [0.2, 0.25) is 0 Å². The number of aromatic nitrogens is 2. The Kier molecular flexibility index (Phi) is 3.18. The van der Waals surface area contributed by atoms with E-state index in [0.29, 0.717) is 0 Å². The average molecular weight is 266 g/mol. The van der Waals surface area contributed by atoms with Gasteiger partial charge in [0.1, 0.15) is 11.6 Å². The smallest absolute Gasteiger partial charge is 0.117 e. The van der Waals surface area contributed by atoms with Gasteiger partial charge in [0.25, 0.3) is 0 Å². The van der Waals surface area contributed by atoms with Gasteiger partial charge in [-0.2, -0.15) is 0 Å². The summed E-state index contributed by atoms with van der Waals surface area (Å²) in [6.45, 7) is 2.10.